The van der Waals surface area contributed by atoms with Crippen LogP contribution in [0.5, 0.6) is 0 Å². The summed E-state index contributed by atoms with van der Waals surface area (Å²) >= 11 is 6.17. The van der Waals surface area contributed by atoms with Crippen LogP contribution >= 0.6 is 11.6 Å². The Labute approximate surface area is 228 Å². The molecule has 1 aliphatic rings. The van der Waals surface area contributed by atoms with Gasteiger partial charge in [-0.05, 0) is 99.3 Å². The first-order valence-corrected chi connectivity index (χ1v) is 13.2. The van der Waals surface area contributed by atoms with Gasteiger partial charge in [0.1, 0.15) is 5.82 Å². The summed E-state index contributed by atoms with van der Waals surface area (Å²) in [5, 5.41) is 3.24. The lowest BCUT2D eigenvalue weighted by molar-refractivity contribution is 0.0971. The number of halogens is 2. The Hall–Kier alpha value is -3.48. The summed E-state index contributed by atoms with van der Waals surface area (Å²) in [7, 11) is 2.04. The molecule has 1 atom stereocenters. The highest BCUT2D eigenvalue weighted by Crippen LogP contribution is 2.34. The fraction of sp³-hybridized carbons (Fsp3) is 0.290. The van der Waals surface area contributed by atoms with Crippen molar-refractivity contribution < 1.29 is 14.0 Å². The molecule has 0 radical (unpaired) electrons. The van der Waals surface area contributed by atoms with Crippen molar-refractivity contribution in [2.75, 3.05) is 30.4 Å². The molecule has 0 aromatic heterocycles. The second-order valence-electron chi connectivity index (χ2n) is 9.80. The van der Waals surface area contributed by atoms with Crippen LogP contribution < -0.4 is 10.2 Å². The minimum atomic E-state index is -0.318. The van der Waals surface area contributed by atoms with Crippen LogP contribution in [0.25, 0.3) is 0 Å². The van der Waals surface area contributed by atoms with E-state index in [1.807, 2.05) is 24.9 Å². The predicted octanol–water partition coefficient (Wildman–Crippen LogP) is 6.90. The Morgan fingerprint density at radius 1 is 1.16 bits per heavy atom. The number of aryl methyl sites for hydroxylation is 2. The summed E-state index contributed by atoms with van der Waals surface area (Å²) < 4.78 is 14.1. The van der Waals surface area contributed by atoms with Crippen molar-refractivity contribution in [3.8, 4) is 0 Å². The molecule has 4 rings (SSSR count). The highest BCUT2D eigenvalue weighted by Gasteiger charge is 2.31. The fourth-order valence-electron chi connectivity index (χ4n) is 5.03. The van der Waals surface area contributed by atoms with E-state index >= 15 is 0 Å². The number of likely N-dealkylation sites (N-methyl/N-ethyl adjacent to an activating group) is 1. The molecule has 198 valence electrons. The molecular weight excluding hydrogens is 501 g/mol. The molecule has 0 fully saturated rings. The molecule has 38 heavy (non-hydrogen) atoms. The fourth-order valence-corrected chi connectivity index (χ4v) is 5.25. The zero-order valence-electron chi connectivity index (χ0n) is 21.8. The van der Waals surface area contributed by atoms with Gasteiger partial charge in [-0.1, -0.05) is 29.8 Å². The van der Waals surface area contributed by atoms with Crippen LogP contribution in [-0.4, -0.2) is 42.9 Å². The topological polar surface area (TPSA) is 52.6 Å². The SMILES string of the molecule is C=CCN(C)CCC1CCCc2cc(F)ccc2N1C(=O)c1ccc(NC(=O)c2ccccc2Cl)cc1C. The maximum absolute atomic E-state index is 14.1. The van der Waals surface area contributed by atoms with Crippen molar-refractivity contribution in [1.29, 1.82) is 0 Å². The predicted molar refractivity (Wildman–Crippen MR) is 153 cm³/mol. The summed E-state index contributed by atoms with van der Waals surface area (Å²) in [6.45, 7) is 7.24. The van der Waals surface area contributed by atoms with Gasteiger partial charge in [-0.2, -0.15) is 0 Å². The molecule has 1 heterocycles. The number of amides is 2. The first-order valence-electron chi connectivity index (χ1n) is 12.9. The van der Waals surface area contributed by atoms with Gasteiger partial charge in [0.05, 0.1) is 10.6 Å². The minimum absolute atomic E-state index is 0.0273. The normalized spacial score (nSPS) is 15.1. The molecule has 3 aromatic carbocycles. The van der Waals surface area contributed by atoms with Crippen LogP contribution in [0.3, 0.4) is 0 Å². The molecular formula is C31H33ClFN3O2. The van der Waals surface area contributed by atoms with E-state index in [4.69, 9.17) is 11.6 Å². The molecule has 3 aromatic rings. The maximum atomic E-state index is 14.1. The van der Waals surface area contributed by atoms with Crippen LogP contribution in [0.4, 0.5) is 15.8 Å². The second-order valence-corrected chi connectivity index (χ2v) is 10.2. The van der Waals surface area contributed by atoms with Gasteiger partial charge in [0.15, 0.2) is 0 Å². The van der Waals surface area contributed by atoms with Crippen LogP contribution in [0.15, 0.2) is 73.3 Å². The van der Waals surface area contributed by atoms with E-state index in [-0.39, 0.29) is 23.7 Å². The van der Waals surface area contributed by atoms with Crippen molar-refractivity contribution in [2.45, 2.75) is 38.6 Å². The quantitative estimate of drug-likeness (QED) is 0.320. The summed E-state index contributed by atoms with van der Waals surface area (Å²) in [4.78, 5) is 30.8. The third-order valence-corrected chi connectivity index (χ3v) is 7.32. The Morgan fingerprint density at radius 2 is 1.95 bits per heavy atom. The zero-order chi connectivity index (χ0) is 27.2. The van der Waals surface area contributed by atoms with Gasteiger partial charge < -0.3 is 15.1 Å². The van der Waals surface area contributed by atoms with Gasteiger partial charge >= 0.3 is 0 Å². The molecule has 0 saturated heterocycles. The first-order chi connectivity index (χ1) is 18.3. The molecule has 2 amide bonds. The van der Waals surface area contributed by atoms with Crippen LogP contribution in [0, 0.1) is 12.7 Å². The van der Waals surface area contributed by atoms with Gasteiger partial charge in [0.25, 0.3) is 11.8 Å². The zero-order valence-corrected chi connectivity index (χ0v) is 22.6. The van der Waals surface area contributed by atoms with Gasteiger partial charge in [-0.15, -0.1) is 6.58 Å². The van der Waals surface area contributed by atoms with Crippen molar-refractivity contribution in [2.24, 2.45) is 0 Å². The van der Waals surface area contributed by atoms with E-state index in [1.54, 1.807) is 54.6 Å². The standard InChI is InChI=1S/C31H33ClFN3O2/c1-4-17-35(3)18-16-25-9-7-8-22-20-23(33)12-15-29(22)36(25)31(38)26-14-13-24(19-21(26)2)34-30(37)27-10-5-6-11-28(27)32/h4-6,10-15,19-20,25H,1,7-9,16-18H2,2-3H3,(H,34,37). The van der Waals surface area contributed by atoms with E-state index in [1.165, 1.54) is 6.07 Å². The lowest BCUT2D eigenvalue weighted by Gasteiger charge is -2.33. The van der Waals surface area contributed by atoms with E-state index in [0.29, 0.717) is 21.8 Å². The average molecular weight is 534 g/mol. The van der Waals surface area contributed by atoms with E-state index in [9.17, 15) is 14.0 Å². The molecule has 1 aliphatic heterocycles. The number of fused-ring (bicyclic) bond motifs is 1. The number of carbonyl (C=O) groups is 2. The van der Waals surface area contributed by atoms with Gasteiger partial charge in [-0.25, -0.2) is 4.39 Å². The molecule has 0 bridgehead atoms. The van der Waals surface area contributed by atoms with Gasteiger partial charge in [0.2, 0.25) is 0 Å². The molecule has 5 nitrogen and oxygen atoms in total. The van der Waals surface area contributed by atoms with E-state index in [2.05, 4.69) is 16.8 Å². The smallest absolute Gasteiger partial charge is 0.258 e. The molecule has 1 unspecified atom stereocenters. The maximum Gasteiger partial charge on any atom is 0.258 e. The highest BCUT2D eigenvalue weighted by atomic mass is 35.5. The number of hydrogen-bond donors (Lipinski definition) is 1. The first kappa shape index (κ1) is 27.6. The van der Waals surface area contributed by atoms with Crippen LogP contribution in [-0.2, 0) is 6.42 Å². The van der Waals surface area contributed by atoms with Crippen LogP contribution in [0.1, 0.15) is 51.1 Å². The number of nitrogens with zero attached hydrogens (tertiary/aromatic N) is 2. The number of carbonyl (C=O) groups excluding carboxylic acids is 2. The Balaban J connectivity index is 1.62. The summed E-state index contributed by atoms with van der Waals surface area (Å²) in [5.74, 6) is -0.742. The van der Waals surface area contributed by atoms with Crippen molar-refractivity contribution >= 4 is 34.8 Å². The number of nitrogens with one attached hydrogen (secondary N) is 1. The van der Waals surface area contributed by atoms with Crippen molar-refractivity contribution in [1.82, 2.24) is 4.90 Å². The van der Waals surface area contributed by atoms with Gasteiger partial charge in [-0.3, -0.25) is 9.59 Å². The summed E-state index contributed by atoms with van der Waals surface area (Å²) in [6, 6.07) is 16.8. The third-order valence-electron chi connectivity index (χ3n) is 6.99. The summed E-state index contributed by atoms with van der Waals surface area (Å²) in [6.07, 6.45) is 5.08. The number of benzene rings is 3. The molecule has 0 spiro atoms. The van der Waals surface area contributed by atoms with E-state index in [0.717, 1.165) is 55.6 Å². The monoisotopic (exact) mass is 533 g/mol. The molecule has 0 saturated carbocycles. The van der Waals surface area contributed by atoms with E-state index < -0.39 is 0 Å². The summed E-state index contributed by atoms with van der Waals surface area (Å²) in [5.41, 5.74) is 3.85. The second kappa shape index (κ2) is 12.4. The Morgan fingerprint density at radius 3 is 2.68 bits per heavy atom. The number of anilines is 2. The third kappa shape index (κ3) is 6.32. The van der Waals surface area contributed by atoms with Crippen molar-refractivity contribution in [3.63, 3.8) is 0 Å². The lowest BCUT2D eigenvalue weighted by atomic mass is 10.0. The lowest BCUT2D eigenvalue weighted by Crippen LogP contribution is -2.42. The Kier molecular flexibility index (Phi) is 8.97. The Bertz CT molecular complexity index is 1340. The molecule has 7 heteroatoms. The number of hydrogen-bond acceptors (Lipinski definition) is 3. The average Bonchev–Trinajstić information content (AvgIpc) is 3.06. The van der Waals surface area contributed by atoms with Gasteiger partial charge in [0, 0.05) is 36.1 Å². The molecule has 0 aliphatic carbocycles. The van der Waals surface area contributed by atoms with Crippen molar-refractivity contribution in [3.05, 3.63) is 106 Å². The van der Waals surface area contributed by atoms with Crippen LogP contribution in [0.2, 0.25) is 5.02 Å². The minimum Gasteiger partial charge on any atom is -0.322 e. The highest BCUT2D eigenvalue weighted by molar-refractivity contribution is 6.34. The number of rotatable bonds is 8. The molecule has 1 N–H and O–H groups in total. The largest absolute Gasteiger partial charge is 0.322 e.